The van der Waals surface area contributed by atoms with Gasteiger partial charge in [0.2, 0.25) is 5.91 Å². The smallest absolute Gasteiger partial charge is 0.227 e. The molecule has 1 aliphatic heterocycles. The second kappa shape index (κ2) is 7.61. The molecule has 130 valence electrons. The van der Waals surface area contributed by atoms with Crippen LogP contribution < -0.4 is 15.5 Å². The number of halogens is 1. The van der Waals surface area contributed by atoms with Crippen LogP contribution in [0, 0.1) is 12.7 Å². The number of carbonyl (C=O) groups excluding carboxylic acids is 1. The molecule has 3 rings (SSSR count). The molecule has 1 amide bonds. The van der Waals surface area contributed by atoms with Crippen molar-refractivity contribution in [2.24, 2.45) is 0 Å². The van der Waals surface area contributed by atoms with Crippen molar-refractivity contribution in [2.75, 3.05) is 16.8 Å². The maximum Gasteiger partial charge on any atom is 0.227 e. The van der Waals surface area contributed by atoms with Crippen molar-refractivity contribution in [3.05, 3.63) is 59.4 Å². The molecule has 0 saturated carbocycles. The molecule has 25 heavy (non-hydrogen) atoms. The highest BCUT2D eigenvalue weighted by atomic mass is 32.1. The van der Waals surface area contributed by atoms with E-state index in [2.05, 4.69) is 10.6 Å². The van der Waals surface area contributed by atoms with E-state index in [4.69, 9.17) is 12.2 Å². The van der Waals surface area contributed by atoms with Gasteiger partial charge in [-0.25, -0.2) is 4.39 Å². The molecule has 6 heteroatoms. The van der Waals surface area contributed by atoms with Crippen LogP contribution in [-0.4, -0.2) is 17.6 Å². The molecule has 1 heterocycles. The normalized spacial score (nSPS) is 13.8. The number of nitrogens with one attached hydrogen (secondary N) is 2. The Morgan fingerprint density at radius 2 is 2.08 bits per heavy atom. The van der Waals surface area contributed by atoms with Gasteiger partial charge in [-0.2, -0.15) is 0 Å². The summed E-state index contributed by atoms with van der Waals surface area (Å²) in [5.74, 6) is -0.108. The molecular weight excluding hydrogens is 337 g/mol. The average Bonchev–Trinajstić information content (AvgIpc) is 3.02. The summed E-state index contributed by atoms with van der Waals surface area (Å²) in [5, 5.41) is 6.51. The molecule has 0 radical (unpaired) electrons. The molecule has 2 N–H and O–H groups in total. The van der Waals surface area contributed by atoms with E-state index in [9.17, 15) is 9.18 Å². The number of benzene rings is 2. The highest BCUT2D eigenvalue weighted by Gasteiger charge is 2.23. The molecule has 0 aliphatic carbocycles. The topological polar surface area (TPSA) is 44.4 Å². The zero-order valence-corrected chi connectivity index (χ0v) is 14.8. The van der Waals surface area contributed by atoms with Crippen molar-refractivity contribution in [1.29, 1.82) is 0 Å². The lowest BCUT2D eigenvalue weighted by atomic mass is 10.1. The number of carbonyl (C=O) groups is 1. The Morgan fingerprint density at radius 3 is 2.80 bits per heavy atom. The van der Waals surface area contributed by atoms with Crippen LogP contribution in [0.25, 0.3) is 0 Å². The van der Waals surface area contributed by atoms with E-state index < -0.39 is 0 Å². The van der Waals surface area contributed by atoms with Crippen LogP contribution in [-0.2, 0) is 11.3 Å². The fourth-order valence-electron chi connectivity index (χ4n) is 2.87. The minimum atomic E-state index is -0.261. The molecule has 1 aliphatic rings. The summed E-state index contributed by atoms with van der Waals surface area (Å²) in [4.78, 5) is 13.8. The zero-order valence-electron chi connectivity index (χ0n) is 14.0. The van der Waals surface area contributed by atoms with Crippen molar-refractivity contribution >= 4 is 34.6 Å². The van der Waals surface area contributed by atoms with Gasteiger partial charge in [-0.15, -0.1) is 0 Å². The minimum Gasteiger partial charge on any atom is -0.358 e. The Labute approximate surface area is 152 Å². The summed E-state index contributed by atoms with van der Waals surface area (Å²) < 4.78 is 13.6. The van der Waals surface area contributed by atoms with Crippen molar-refractivity contribution in [1.82, 2.24) is 5.32 Å². The maximum absolute atomic E-state index is 13.6. The van der Waals surface area contributed by atoms with Gasteiger partial charge in [0.1, 0.15) is 5.82 Å². The Hall–Kier alpha value is -2.47. The zero-order chi connectivity index (χ0) is 17.8. The number of nitrogens with zero attached hydrogens (tertiary/aromatic N) is 1. The van der Waals surface area contributed by atoms with Crippen molar-refractivity contribution in [2.45, 2.75) is 26.3 Å². The molecule has 2 aromatic carbocycles. The van der Waals surface area contributed by atoms with Gasteiger partial charge >= 0.3 is 0 Å². The van der Waals surface area contributed by atoms with E-state index in [1.165, 1.54) is 6.07 Å². The monoisotopic (exact) mass is 357 g/mol. The fraction of sp³-hybridized carbons (Fsp3) is 0.263. The second-order valence-corrected chi connectivity index (χ2v) is 6.46. The highest BCUT2D eigenvalue weighted by molar-refractivity contribution is 7.80. The van der Waals surface area contributed by atoms with Gasteiger partial charge in [0.25, 0.3) is 0 Å². The summed E-state index contributed by atoms with van der Waals surface area (Å²) in [6.45, 7) is 3.04. The first kappa shape index (κ1) is 17.4. The molecule has 0 spiro atoms. The predicted molar refractivity (Wildman–Crippen MR) is 102 cm³/mol. The van der Waals surface area contributed by atoms with Gasteiger partial charge in [-0.1, -0.05) is 24.3 Å². The third kappa shape index (κ3) is 4.14. The SMILES string of the molecule is Cc1ccc(NC(=S)NCc2ccccc2F)cc1N1CCCC1=O. The molecule has 1 saturated heterocycles. The lowest BCUT2D eigenvalue weighted by Gasteiger charge is -2.20. The lowest BCUT2D eigenvalue weighted by molar-refractivity contribution is -0.117. The highest BCUT2D eigenvalue weighted by Crippen LogP contribution is 2.28. The molecule has 2 aromatic rings. The number of hydrogen-bond acceptors (Lipinski definition) is 2. The van der Waals surface area contributed by atoms with Gasteiger partial charge in [0, 0.05) is 36.4 Å². The van der Waals surface area contributed by atoms with E-state index in [0.29, 0.717) is 23.6 Å². The standard InChI is InChI=1S/C19H20FN3OS/c1-13-8-9-15(11-17(13)23-10-4-7-18(23)24)22-19(25)21-12-14-5-2-3-6-16(14)20/h2-3,5-6,8-9,11H,4,7,10,12H2,1H3,(H2,21,22,25). The summed E-state index contributed by atoms with van der Waals surface area (Å²) in [7, 11) is 0. The van der Waals surface area contributed by atoms with Crippen molar-refractivity contribution in [3.63, 3.8) is 0 Å². The number of rotatable bonds is 4. The summed E-state index contributed by atoms with van der Waals surface area (Å²) in [6, 6.07) is 12.4. The van der Waals surface area contributed by atoms with Crippen LogP contribution in [0.4, 0.5) is 15.8 Å². The predicted octanol–water partition coefficient (Wildman–Crippen LogP) is 3.75. The lowest BCUT2D eigenvalue weighted by Crippen LogP contribution is -2.29. The van der Waals surface area contributed by atoms with E-state index in [-0.39, 0.29) is 11.7 Å². The average molecular weight is 357 g/mol. The Balaban J connectivity index is 1.65. The van der Waals surface area contributed by atoms with Crippen molar-refractivity contribution in [3.8, 4) is 0 Å². The van der Waals surface area contributed by atoms with Crippen LogP contribution in [0.15, 0.2) is 42.5 Å². The van der Waals surface area contributed by atoms with Gasteiger partial charge in [-0.3, -0.25) is 4.79 Å². The van der Waals surface area contributed by atoms with Crippen LogP contribution in [0.2, 0.25) is 0 Å². The first-order valence-corrected chi connectivity index (χ1v) is 8.64. The van der Waals surface area contributed by atoms with E-state index >= 15 is 0 Å². The molecule has 0 aromatic heterocycles. The molecule has 0 unspecified atom stereocenters. The number of anilines is 2. The van der Waals surface area contributed by atoms with Gasteiger partial charge < -0.3 is 15.5 Å². The summed E-state index contributed by atoms with van der Waals surface area (Å²) >= 11 is 5.29. The molecule has 4 nitrogen and oxygen atoms in total. The van der Waals surface area contributed by atoms with Crippen LogP contribution >= 0.6 is 12.2 Å². The largest absolute Gasteiger partial charge is 0.358 e. The minimum absolute atomic E-state index is 0.153. The fourth-order valence-corrected chi connectivity index (χ4v) is 3.06. The van der Waals surface area contributed by atoms with Crippen LogP contribution in [0.3, 0.4) is 0 Å². The summed E-state index contributed by atoms with van der Waals surface area (Å²) in [6.07, 6.45) is 1.48. The Bertz CT molecular complexity index is 809. The van der Waals surface area contributed by atoms with Gasteiger partial charge in [0.15, 0.2) is 5.11 Å². The Kier molecular flexibility index (Phi) is 5.28. The molecular formula is C19H20FN3OS. The van der Waals surface area contributed by atoms with Crippen LogP contribution in [0.5, 0.6) is 0 Å². The maximum atomic E-state index is 13.6. The first-order chi connectivity index (χ1) is 12.0. The molecule has 0 atom stereocenters. The van der Waals surface area contributed by atoms with E-state index in [0.717, 1.165) is 29.9 Å². The summed E-state index contributed by atoms with van der Waals surface area (Å²) in [5.41, 5.74) is 3.31. The molecule has 1 fully saturated rings. The first-order valence-electron chi connectivity index (χ1n) is 8.24. The number of aryl methyl sites for hydroxylation is 1. The number of hydrogen-bond donors (Lipinski definition) is 2. The third-order valence-electron chi connectivity index (χ3n) is 4.23. The third-order valence-corrected chi connectivity index (χ3v) is 4.47. The Morgan fingerprint density at radius 1 is 1.28 bits per heavy atom. The van der Waals surface area contributed by atoms with Crippen LogP contribution in [0.1, 0.15) is 24.0 Å². The number of amides is 1. The van der Waals surface area contributed by atoms with E-state index in [1.54, 1.807) is 18.2 Å². The second-order valence-electron chi connectivity index (χ2n) is 6.05. The van der Waals surface area contributed by atoms with Gasteiger partial charge in [0.05, 0.1) is 0 Å². The molecule has 0 bridgehead atoms. The van der Waals surface area contributed by atoms with Gasteiger partial charge in [-0.05, 0) is 49.3 Å². The quantitative estimate of drug-likeness (QED) is 0.818. The van der Waals surface area contributed by atoms with E-state index in [1.807, 2.05) is 30.0 Å². The van der Waals surface area contributed by atoms with Crippen molar-refractivity contribution < 1.29 is 9.18 Å². The number of thiocarbonyl (C=S) groups is 1.